The molecule has 0 spiro atoms. The Hall–Kier alpha value is -3.71. The third kappa shape index (κ3) is 5.60. The van der Waals surface area contributed by atoms with E-state index in [9.17, 15) is 17.6 Å². The van der Waals surface area contributed by atoms with Crippen LogP contribution in [0.3, 0.4) is 0 Å². The largest absolute Gasteiger partial charge is 0.345 e. The van der Waals surface area contributed by atoms with Crippen molar-refractivity contribution in [1.29, 1.82) is 0 Å². The molecule has 214 valence electrons. The van der Waals surface area contributed by atoms with Gasteiger partial charge in [0, 0.05) is 74.7 Å². The molecule has 2 aliphatic rings. The first kappa shape index (κ1) is 27.5. The van der Waals surface area contributed by atoms with Gasteiger partial charge in [0.2, 0.25) is 5.78 Å². The molecule has 9 nitrogen and oxygen atoms in total. The number of rotatable bonds is 9. The van der Waals surface area contributed by atoms with Gasteiger partial charge in [0.1, 0.15) is 11.5 Å². The highest BCUT2D eigenvalue weighted by Gasteiger charge is 2.35. The molecular formula is C29H30F2N6O3S. The fourth-order valence-electron chi connectivity index (χ4n) is 5.10. The predicted octanol–water partition coefficient (Wildman–Crippen LogP) is 3.90. The molecule has 1 aliphatic carbocycles. The molecule has 41 heavy (non-hydrogen) atoms. The number of aromatic nitrogens is 2. The first-order chi connectivity index (χ1) is 19.7. The number of hydrogen-bond acceptors (Lipinski definition) is 6. The Labute approximate surface area is 236 Å². The number of carbonyl (C=O) groups is 1. The van der Waals surface area contributed by atoms with Gasteiger partial charge in [0.15, 0.2) is 5.82 Å². The lowest BCUT2D eigenvalue weighted by atomic mass is 9.99. The predicted molar refractivity (Wildman–Crippen MR) is 153 cm³/mol. The standard InChI is InChI=1S/C29H30F2N6O3S/c1-36(21-6-7-21)41(39,40)35-25-9-8-24(30)26(27(25)31)28(38)23-16-34-29-22(23)14-20(15-33-29)19-4-2-18(3-5-19)17-37-12-10-32-11-13-37/h2-5,8-9,14-16,21,32,35H,6-7,10-13,17H2,1H3,(H,33,34). The molecule has 1 saturated carbocycles. The van der Waals surface area contributed by atoms with E-state index in [0.29, 0.717) is 23.9 Å². The molecule has 6 rings (SSSR count). The summed E-state index contributed by atoms with van der Waals surface area (Å²) in [5, 5.41) is 3.75. The van der Waals surface area contributed by atoms with Gasteiger partial charge in [0.25, 0.3) is 0 Å². The number of anilines is 1. The summed E-state index contributed by atoms with van der Waals surface area (Å²) >= 11 is 0. The van der Waals surface area contributed by atoms with Crippen LogP contribution in [-0.4, -0.2) is 72.6 Å². The average Bonchev–Trinajstić information content (AvgIpc) is 3.73. The first-order valence-corrected chi connectivity index (χ1v) is 14.9. The maximum absolute atomic E-state index is 15.5. The van der Waals surface area contributed by atoms with Crippen LogP contribution < -0.4 is 10.0 Å². The number of benzene rings is 2. The first-order valence-electron chi connectivity index (χ1n) is 13.5. The Morgan fingerprint density at radius 2 is 1.83 bits per heavy atom. The molecule has 0 unspecified atom stereocenters. The van der Waals surface area contributed by atoms with Crippen LogP contribution in [0.15, 0.2) is 54.9 Å². The van der Waals surface area contributed by atoms with Crippen molar-refractivity contribution < 1.29 is 22.0 Å². The van der Waals surface area contributed by atoms with E-state index in [-0.39, 0.29) is 11.6 Å². The zero-order valence-corrected chi connectivity index (χ0v) is 23.3. The van der Waals surface area contributed by atoms with Crippen LogP contribution in [0, 0.1) is 11.6 Å². The molecular weight excluding hydrogens is 550 g/mol. The normalized spacial score (nSPS) is 16.4. The molecule has 3 N–H and O–H groups in total. The number of pyridine rings is 1. The minimum atomic E-state index is -4.08. The molecule has 2 aromatic heterocycles. The van der Waals surface area contributed by atoms with E-state index >= 15 is 4.39 Å². The van der Waals surface area contributed by atoms with Crippen molar-refractivity contribution in [1.82, 2.24) is 24.5 Å². The van der Waals surface area contributed by atoms with E-state index < -0.39 is 38.9 Å². The quantitative estimate of drug-likeness (QED) is 0.259. The topological polar surface area (TPSA) is 110 Å². The second-order valence-corrected chi connectivity index (χ2v) is 12.2. The summed E-state index contributed by atoms with van der Waals surface area (Å²) in [5.74, 6) is -3.29. The van der Waals surface area contributed by atoms with Gasteiger partial charge in [-0.3, -0.25) is 14.4 Å². The molecule has 0 atom stereocenters. The fourth-order valence-corrected chi connectivity index (χ4v) is 6.28. The minimum Gasteiger partial charge on any atom is -0.345 e. The molecule has 1 aliphatic heterocycles. The number of piperazine rings is 1. The summed E-state index contributed by atoms with van der Waals surface area (Å²) in [4.78, 5) is 23.2. The monoisotopic (exact) mass is 580 g/mol. The second-order valence-electron chi connectivity index (χ2n) is 10.5. The highest BCUT2D eigenvalue weighted by atomic mass is 32.2. The molecule has 1 saturated heterocycles. The Kier molecular flexibility index (Phi) is 7.32. The van der Waals surface area contributed by atoms with Crippen molar-refractivity contribution in [2.75, 3.05) is 37.9 Å². The molecule has 3 heterocycles. The van der Waals surface area contributed by atoms with Crippen LogP contribution in [0.4, 0.5) is 14.5 Å². The summed E-state index contributed by atoms with van der Waals surface area (Å²) in [6.45, 7) is 4.82. The van der Waals surface area contributed by atoms with E-state index in [2.05, 4.69) is 37.0 Å². The van der Waals surface area contributed by atoms with Gasteiger partial charge in [0.05, 0.1) is 11.3 Å². The van der Waals surface area contributed by atoms with Crippen LogP contribution in [0.25, 0.3) is 22.2 Å². The number of fused-ring (bicyclic) bond motifs is 1. The molecule has 4 aromatic rings. The number of aromatic amines is 1. The summed E-state index contributed by atoms with van der Waals surface area (Å²) in [6.07, 6.45) is 4.46. The van der Waals surface area contributed by atoms with E-state index in [0.717, 1.165) is 60.3 Å². The van der Waals surface area contributed by atoms with Gasteiger partial charge in [-0.2, -0.15) is 12.7 Å². The maximum Gasteiger partial charge on any atom is 0.301 e. The lowest BCUT2D eigenvalue weighted by Gasteiger charge is -2.27. The van der Waals surface area contributed by atoms with Crippen molar-refractivity contribution in [3.05, 3.63) is 83.2 Å². The van der Waals surface area contributed by atoms with Gasteiger partial charge in [-0.15, -0.1) is 0 Å². The molecule has 0 amide bonds. The van der Waals surface area contributed by atoms with Gasteiger partial charge in [-0.25, -0.2) is 13.8 Å². The van der Waals surface area contributed by atoms with E-state index in [1.807, 2.05) is 12.1 Å². The summed E-state index contributed by atoms with van der Waals surface area (Å²) in [6, 6.07) is 11.5. The van der Waals surface area contributed by atoms with Gasteiger partial charge in [-0.1, -0.05) is 24.3 Å². The molecule has 0 radical (unpaired) electrons. The fraction of sp³-hybridized carbons (Fsp3) is 0.310. The Morgan fingerprint density at radius 1 is 1.10 bits per heavy atom. The maximum atomic E-state index is 15.5. The van der Waals surface area contributed by atoms with Crippen molar-refractivity contribution in [3.8, 4) is 11.1 Å². The van der Waals surface area contributed by atoms with Crippen LogP contribution in [0.1, 0.15) is 34.3 Å². The van der Waals surface area contributed by atoms with Crippen LogP contribution >= 0.6 is 0 Å². The lowest BCUT2D eigenvalue weighted by Crippen LogP contribution is -2.42. The van der Waals surface area contributed by atoms with E-state index in [4.69, 9.17) is 0 Å². The smallest absolute Gasteiger partial charge is 0.301 e. The number of hydrogen-bond donors (Lipinski definition) is 3. The zero-order chi connectivity index (χ0) is 28.7. The number of carbonyl (C=O) groups excluding carboxylic acids is 1. The average molecular weight is 581 g/mol. The zero-order valence-electron chi connectivity index (χ0n) is 22.5. The van der Waals surface area contributed by atoms with Crippen molar-refractivity contribution in [2.24, 2.45) is 0 Å². The SMILES string of the molecule is CN(C1CC1)S(=O)(=O)Nc1ccc(F)c(C(=O)c2c[nH]c3ncc(-c4ccc(CN5CCNCC5)cc4)cc23)c1F. The third-order valence-electron chi connectivity index (χ3n) is 7.68. The number of H-pyrrole nitrogens is 1. The van der Waals surface area contributed by atoms with Gasteiger partial charge < -0.3 is 10.3 Å². The van der Waals surface area contributed by atoms with Gasteiger partial charge >= 0.3 is 10.2 Å². The van der Waals surface area contributed by atoms with E-state index in [1.165, 1.54) is 18.8 Å². The van der Waals surface area contributed by atoms with Crippen molar-refractivity contribution >= 4 is 32.7 Å². The summed E-state index contributed by atoms with van der Waals surface area (Å²) in [5.41, 5.74) is 1.88. The second kappa shape index (κ2) is 10.9. The summed E-state index contributed by atoms with van der Waals surface area (Å²) < 4.78 is 58.9. The molecule has 12 heteroatoms. The number of nitrogens with one attached hydrogen (secondary N) is 3. The summed E-state index contributed by atoms with van der Waals surface area (Å²) in [7, 11) is -2.68. The Balaban J connectivity index is 1.28. The Morgan fingerprint density at radius 3 is 2.54 bits per heavy atom. The Bertz CT molecular complexity index is 1710. The molecule has 2 fully saturated rings. The number of halogens is 2. The lowest BCUT2D eigenvalue weighted by molar-refractivity contribution is 0.103. The number of nitrogens with zero attached hydrogens (tertiary/aromatic N) is 3. The highest BCUT2D eigenvalue weighted by Crippen LogP contribution is 2.32. The molecule has 0 bridgehead atoms. The van der Waals surface area contributed by atoms with E-state index in [1.54, 1.807) is 12.3 Å². The van der Waals surface area contributed by atoms with Crippen LogP contribution in [0.2, 0.25) is 0 Å². The van der Waals surface area contributed by atoms with Crippen LogP contribution in [-0.2, 0) is 16.8 Å². The molecule has 2 aromatic carbocycles. The third-order valence-corrected chi connectivity index (χ3v) is 9.21. The highest BCUT2D eigenvalue weighted by molar-refractivity contribution is 7.90. The van der Waals surface area contributed by atoms with Crippen LogP contribution in [0.5, 0.6) is 0 Å². The van der Waals surface area contributed by atoms with Crippen molar-refractivity contribution in [2.45, 2.75) is 25.4 Å². The van der Waals surface area contributed by atoms with Gasteiger partial charge in [-0.05, 0) is 42.2 Å². The minimum absolute atomic E-state index is 0.0255. The number of ketones is 1. The van der Waals surface area contributed by atoms with Crippen molar-refractivity contribution in [3.63, 3.8) is 0 Å².